The van der Waals surface area contributed by atoms with Crippen LogP contribution in [0.2, 0.25) is 0 Å². The van der Waals surface area contributed by atoms with E-state index in [1.54, 1.807) is 0 Å². The number of nitrogens with one attached hydrogen (secondary N) is 6. The molecule has 0 fully saturated rings. The Morgan fingerprint density at radius 2 is 0.471 bits per heavy atom. The zero-order chi connectivity index (χ0) is 88.6. The lowest BCUT2D eigenvalue weighted by atomic mass is 9.94. The molecule has 30 nitrogen and oxygen atoms in total. The molecule has 0 saturated heterocycles. The van der Waals surface area contributed by atoms with E-state index in [-0.39, 0.29) is 152 Å². The van der Waals surface area contributed by atoms with Crippen LogP contribution in [0.3, 0.4) is 0 Å². The van der Waals surface area contributed by atoms with Crippen molar-refractivity contribution in [2.75, 3.05) is 145 Å². The van der Waals surface area contributed by atoms with Crippen LogP contribution in [0.5, 0.6) is 0 Å². The van der Waals surface area contributed by atoms with Gasteiger partial charge in [0.1, 0.15) is 36.3 Å². The van der Waals surface area contributed by atoms with Gasteiger partial charge in [-0.1, -0.05) is 214 Å². The fourth-order valence-electron chi connectivity index (χ4n) is 12.6. The summed E-state index contributed by atoms with van der Waals surface area (Å²) in [6.45, 7) is 18.5. The number of carbonyl (C=O) groups excluding carboxylic acids is 8. The van der Waals surface area contributed by atoms with Crippen molar-refractivity contribution in [1.82, 2.24) is 31.9 Å². The molecular formula is C91H166N6O24. The third-order valence-electron chi connectivity index (χ3n) is 19.9. The van der Waals surface area contributed by atoms with Crippen molar-refractivity contribution in [3.63, 3.8) is 0 Å². The van der Waals surface area contributed by atoms with Gasteiger partial charge in [-0.15, -0.1) is 0 Å². The fourth-order valence-corrected chi connectivity index (χ4v) is 12.6. The van der Waals surface area contributed by atoms with Crippen LogP contribution in [-0.4, -0.2) is 236 Å². The summed E-state index contributed by atoms with van der Waals surface area (Å²) >= 11 is 0. The molecule has 0 aromatic heterocycles. The number of hydrogen-bond acceptors (Lipinski definition) is 22. The minimum absolute atomic E-state index is 0. The molecule has 0 aromatic rings. The smallest absolute Gasteiger partial charge is 0.306 e. The van der Waals surface area contributed by atoms with Gasteiger partial charge >= 0.3 is 23.9 Å². The minimum Gasteiger partial charge on any atom is -0.481 e. The van der Waals surface area contributed by atoms with Crippen LogP contribution < -0.4 is 31.9 Å². The maximum Gasteiger partial charge on any atom is 0.306 e. The van der Waals surface area contributed by atoms with Gasteiger partial charge in [-0.25, -0.2) is 0 Å². The Kier molecular flexibility index (Phi) is 88.9. The van der Waals surface area contributed by atoms with Gasteiger partial charge in [0, 0.05) is 128 Å². The SMILES string of the molecule is C.C=C(COCCOCCNC(=O)CC[C@H](CC(=O)CCCCCCCCCCCCCCCCC(=O)O)C(=O)O)NCCOCCOCC(=O)NCCCC(=O)CC.C=C(COCCOCCNC(=O)CC[C@H](CC(=O)CCCCCCCCCCCCCCCCCCCCC(=O)O)C(=O)O)NCCOCCOCC(=O)NCCCC(=O)CC. The molecule has 121 heavy (non-hydrogen) atoms. The molecule has 0 aromatic carbocycles. The van der Waals surface area contributed by atoms with Crippen LogP contribution >= 0.6 is 0 Å². The number of Topliss-reactive ketones (excluding diaryl/α,β-unsaturated/α-hetero) is 4. The summed E-state index contributed by atoms with van der Waals surface area (Å²) in [6, 6.07) is 0. The van der Waals surface area contributed by atoms with Gasteiger partial charge in [0.05, 0.1) is 104 Å². The van der Waals surface area contributed by atoms with Crippen LogP contribution in [0.15, 0.2) is 24.6 Å². The average Bonchev–Trinajstić information content (AvgIpc) is 0.934. The molecule has 4 amide bonds. The normalized spacial score (nSPS) is 11.5. The molecule has 0 aliphatic heterocycles. The van der Waals surface area contributed by atoms with Crippen LogP contribution in [0.1, 0.15) is 329 Å². The Bertz CT molecular complexity index is 2650. The summed E-state index contributed by atoms with van der Waals surface area (Å²) in [4.78, 5) is 140. The van der Waals surface area contributed by atoms with Crippen LogP contribution in [0.25, 0.3) is 0 Å². The predicted octanol–water partition coefficient (Wildman–Crippen LogP) is 14.0. The Labute approximate surface area is 726 Å². The Hall–Kier alpha value is -6.80. The summed E-state index contributed by atoms with van der Waals surface area (Å²) < 4.78 is 43.5. The van der Waals surface area contributed by atoms with Gasteiger partial charge in [0.2, 0.25) is 23.6 Å². The van der Waals surface area contributed by atoms with E-state index in [2.05, 4.69) is 45.1 Å². The highest BCUT2D eigenvalue weighted by molar-refractivity contribution is 5.85. The van der Waals surface area contributed by atoms with Crippen molar-refractivity contribution in [3.05, 3.63) is 24.6 Å². The molecule has 0 aliphatic rings. The first-order chi connectivity index (χ1) is 58.1. The quantitative estimate of drug-likeness (QED) is 0.0253. The molecule has 0 bridgehead atoms. The summed E-state index contributed by atoms with van der Waals surface area (Å²) in [5.41, 5.74) is 1.38. The fraction of sp³-hybridized carbons (Fsp3) is 0.824. The summed E-state index contributed by atoms with van der Waals surface area (Å²) in [6.07, 6.45) is 41.2. The van der Waals surface area contributed by atoms with Crippen molar-refractivity contribution >= 4 is 70.6 Å². The molecule has 30 heteroatoms. The molecule has 0 rings (SSSR count). The lowest BCUT2D eigenvalue weighted by molar-refractivity contribution is -0.144. The summed E-state index contributed by atoms with van der Waals surface area (Å²) in [5.74, 6) is -5.97. The highest BCUT2D eigenvalue weighted by Crippen LogP contribution is 2.20. The largest absolute Gasteiger partial charge is 0.481 e. The molecule has 704 valence electrons. The van der Waals surface area contributed by atoms with E-state index >= 15 is 0 Å². The molecule has 10 N–H and O–H groups in total. The lowest BCUT2D eigenvalue weighted by Gasteiger charge is -2.12. The number of ketones is 4. The topological polar surface area (TPSA) is 432 Å². The van der Waals surface area contributed by atoms with E-state index in [0.29, 0.717) is 161 Å². The number of aliphatic carboxylic acids is 4. The standard InChI is InChI=1S/C47H85N3O12.C43H77N3O12.CH4/c1-3-42(51)24-22-28-49-45(54)39-62-36-34-59-31-29-48-40(2)38-61-35-33-60-32-30-50-44(53)27-26-41(47(57)58)37-43(52)23-20-18-16-14-12-10-8-6-4-5-7-9-11-13-15-17-19-21-25-46(55)56;1-3-38(47)20-18-24-45-41(50)35-58-32-30-55-27-25-44-36(2)34-57-31-29-56-28-26-46-40(49)23-22-37(43(53)54)33-39(48)19-16-14-12-10-8-6-4-5-7-9-11-13-15-17-21-42(51)52;/h41,48H,2-39H2,1H3,(H,49,54)(H,50,53)(H,55,56)(H,57,58);37,44H,2-35H2,1H3,(H,45,50)(H,46,49)(H,51,52)(H,53,54);1H4/t41-;37-;/m11./s1. The van der Waals surface area contributed by atoms with Gasteiger partial charge in [0.15, 0.2) is 0 Å². The monoisotopic (exact) mass is 1730 g/mol. The van der Waals surface area contributed by atoms with Gasteiger partial charge in [0.25, 0.3) is 0 Å². The highest BCUT2D eigenvalue weighted by atomic mass is 16.5. The number of amides is 4. The second-order valence-electron chi connectivity index (χ2n) is 30.8. The number of unbranched alkanes of at least 4 members (excludes halogenated alkanes) is 30. The number of rotatable bonds is 94. The first-order valence-corrected chi connectivity index (χ1v) is 45.6. The first kappa shape index (κ1) is 118. The zero-order valence-electron chi connectivity index (χ0n) is 74.0. The van der Waals surface area contributed by atoms with Gasteiger partial charge in [-0.3, -0.25) is 57.5 Å². The highest BCUT2D eigenvalue weighted by Gasteiger charge is 2.24. The van der Waals surface area contributed by atoms with Gasteiger partial charge < -0.3 is 90.2 Å². The molecule has 2 atom stereocenters. The van der Waals surface area contributed by atoms with Crippen molar-refractivity contribution < 1.29 is 116 Å². The molecule has 0 radical (unpaired) electrons. The van der Waals surface area contributed by atoms with E-state index in [4.69, 9.17) is 48.1 Å². The number of ether oxygens (including phenoxy) is 8. The van der Waals surface area contributed by atoms with Gasteiger partial charge in [-0.2, -0.15) is 0 Å². The van der Waals surface area contributed by atoms with E-state index in [0.717, 1.165) is 83.5 Å². The van der Waals surface area contributed by atoms with Crippen LogP contribution in [0, 0.1) is 11.8 Å². The number of carboxylic acids is 4. The first-order valence-electron chi connectivity index (χ1n) is 45.6. The molecule has 0 aliphatic carbocycles. The third-order valence-corrected chi connectivity index (χ3v) is 19.9. The third kappa shape index (κ3) is 92.2. The van der Waals surface area contributed by atoms with Crippen LogP contribution in [-0.2, 0) is 95.4 Å². The second-order valence-corrected chi connectivity index (χ2v) is 30.8. The molecule has 0 unspecified atom stereocenters. The van der Waals surface area contributed by atoms with Crippen molar-refractivity contribution in [2.45, 2.75) is 329 Å². The number of carbonyl (C=O) groups is 12. The van der Waals surface area contributed by atoms with Crippen molar-refractivity contribution in [2.24, 2.45) is 11.8 Å². The summed E-state index contributed by atoms with van der Waals surface area (Å²) in [5, 5.41) is 53.6. The number of carboxylic acid groups (broad SMARTS) is 4. The second kappa shape index (κ2) is 90.9. The Morgan fingerprint density at radius 3 is 0.727 bits per heavy atom. The predicted molar refractivity (Wildman–Crippen MR) is 470 cm³/mol. The van der Waals surface area contributed by atoms with Crippen molar-refractivity contribution in [3.8, 4) is 0 Å². The van der Waals surface area contributed by atoms with Crippen molar-refractivity contribution in [1.29, 1.82) is 0 Å². The maximum atomic E-state index is 12.5. The van der Waals surface area contributed by atoms with E-state index in [9.17, 15) is 67.7 Å². The molecule has 0 heterocycles. The molecule has 0 spiro atoms. The minimum atomic E-state index is -1.05. The van der Waals surface area contributed by atoms with E-state index in [1.165, 1.54) is 122 Å². The Morgan fingerprint density at radius 1 is 0.248 bits per heavy atom. The number of hydrogen-bond donors (Lipinski definition) is 10. The lowest BCUT2D eigenvalue weighted by Crippen LogP contribution is -2.29. The average molecular weight is 1730 g/mol. The maximum absolute atomic E-state index is 12.5. The molecule has 0 saturated carbocycles. The van der Waals surface area contributed by atoms with E-state index in [1.807, 2.05) is 13.8 Å². The van der Waals surface area contributed by atoms with E-state index < -0.39 is 35.7 Å². The Balaban J connectivity index is -0.00000229. The summed E-state index contributed by atoms with van der Waals surface area (Å²) in [7, 11) is 0. The van der Waals surface area contributed by atoms with Gasteiger partial charge in [-0.05, 0) is 51.4 Å². The zero-order valence-corrected chi connectivity index (χ0v) is 74.0. The van der Waals surface area contributed by atoms with Crippen LogP contribution in [0.4, 0.5) is 0 Å². The molecular weight excluding hydrogens is 1560 g/mol.